The summed E-state index contributed by atoms with van der Waals surface area (Å²) in [5.74, 6) is 0.987. The maximum Gasteiger partial charge on any atom is 0.0317 e. The second-order valence-electron chi connectivity index (χ2n) is 7.02. The fraction of sp³-hybridized carbons (Fsp3) is 0.647. The lowest BCUT2D eigenvalue weighted by atomic mass is 9.73. The fourth-order valence-electron chi connectivity index (χ4n) is 4.35. The zero-order valence-corrected chi connectivity index (χ0v) is 11.7. The zero-order valence-electron chi connectivity index (χ0n) is 11.7. The van der Waals surface area contributed by atoms with Crippen LogP contribution in [0.4, 0.5) is 5.69 Å². The van der Waals surface area contributed by atoms with Gasteiger partial charge in [0.05, 0.1) is 0 Å². The molecule has 0 atom stereocenters. The van der Waals surface area contributed by atoms with Gasteiger partial charge in [-0.2, -0.15) is 0 Å². The summed E-state index contributed by atoms with van der Waals surface area (Å²) in [5, 5.41) is 0. The molecular weight excluding hydrogens is 232 g/mol. The molecule has 2 nitrogen and oxygen atoms in total. The van der Waals surface area contributed by atoms with E-state index in [-0.39, 0.29) is 0 Å². The van der Waals surface area contributed by atoms with Crippen molar-refractivity contribution in [3.8, 4) is 0 Å². The summed E-state index contributed by atoms with van der Waals surface area (Å²) in [6, 6.07) is 6.66. The van der Waals surface area contributed by atoms with Crippen LogP contribution in [0.2, 0.25) is 0 Å². The molecule has 2 saturated carbocycles. The lowest BCUT2D eigenvalue weighted by Crippen LogP contribution is -2.44. The molecule has 2 aliphatic carbocycles. The van der Waals surface area contributed by atoms with Gasteiger partial charge in [-0.15, -0.1) is 0 Å². The number of benzene rings is 1. The number of fused-ring (bicyclic) bond motifs is 2. The van der Waals surface area contributed by atoms with Gasteiger partial charge in [-0.05, 0) is 54.9 Å². The van der Waals surface area contributed by atoms with Crippen LogP contribution in [0, 0.1) is 5.92 Å². The minimum Gasteiger partial charge on any atom is -0.399 e. The highest BCUT2D eigenvalue weighted by Crippen LogP contribution is 2.47. The Bertz CT molecular complexity index is 484. The van der Waals surface area contributed by atoms with E-state index in [4.69, 9.17) is 5.73 Å². The third kappa shape index (κ3) is 2.06. The van der Waals surface area contributed by atoms with Crippen molar-refractivity contribution in [2.75, 3.05) is 18.8 Å². The first-order chi connectivity index (χ1) is 9.25. The maximum atomic E-state index is 6.01. The summed E-state index contributed by atoms with van der Waals surface area (Å²) in [6.45, 7) is 3.73. The smallest absolute Gasteiger partial charge is 0.0317 e. The Hall–Kier alpha value is -1.02. The van der Waals surface area contributed by atoms with E-state index < -0.39 is 0 Å². The Kier molecular flexibility index (Phi) is 2.63. The Balaban J connectivity index is 1.70. The Morgan fingerprint density at radius 2 is 2.00 bits per heavy atom. The zero-order chi connectivity index (χ0) is 12.9. The highest BCUT2D eigenvalue weighted by atomic mass is 15.1. The summed E-state index contributed by atoms with van der Waals surface area (Å²) in [7, 11) is 0. The normalized spacial score (nSPS) is 25.7. The molecule has 4 rings (SSSR count). The summed E-state index contributed by atoms with van der Waals surface area (Å²) in [4.78, 5) is 2.71. The van der Waals surface area contributed by atoms with Gasteiger partial charge < -0.3 is 5.73 Å². The molecule has 102 valence electrons. The molecule has 3 aliphatic rings. The topological polar surface area (TPSA) is 29.3 Å². The lowest BCUT2D eigenvalue weighted by molar-refractivity contribution is 0.170. The van der Waals surface area contributed by atoms with Crippen LogP contribution >= 0.6 is 0 Å². The van der Waals surface area contributed by atoms with Crippen molar-refractivity contribution in [1.82, 2.24) is 4.90 Å². The molecule has 2 fully saturated rings. The lowest BCUT2D eigenvalue weighted by Gasteiger charge is -2.42. The van der Waals surface area contributed by atoms with Gasteiger partial charge in [0.2, 0.25) is 0 Å². The second-order valence-corrected chi connectivity index (χ2v) is 7.02. The summed E-state index contributed by atoms with van der Waals surface area (Å²) >= 11 is 0. The van der Waals surface area contributed by atoms with E-state index in [1.54, 1.807) is 5.56 Å². The van der Waals surface area contributed by atoms with Crippen molar-refractivity contribution in [3.63, 3.8) is 0 Å². The molecule has 1 aliphatic heterocycles. The molecule has 2 heteroatoms. The fourth-order valence-corrected chi connectivity index (χ4v) is 4.35. The molecule has 1 heterocycles. The van der Waals surface area contributed by atoms with Crippen LogP contribution in [0.1, 0.15) is 49.7 Å². The standard InChI is InChI=1S/C17H24N2/c18-15-5-6-16-14(9-15)11-19(10-13-3-4-13)12-17(16)7-1-2-8-17/h5-6,9,13H,1-4,7-8,10-12,18H2. The molecule has 1 aromatic rings. The van der Waals surface area contributed by atoms with Gasteiger partial charge in [0.25, 0.3) is 0 Å². The van der Waals surface area contributed by atoms with Gasteiger partial charge in [0.1, 0.15) is 0 Å². The first-order valence-electron chi connectivity index (χ1n) is 7.86. The van der Waals surface area contributed by atoms with Gasteiger partial charge >= 0.3 is 0 Å². The van der Waals surface area contributed by atoms with Crippen molar-refractivity contribution < 1.29 is 0 Å². The number of nitrogens with two attached hydrogens (primary N) is 1. The SMILES string of the molecule is Nc1ccc2c(c1)CN(CC1CC1)CC21CCCC1. The van der Waals surface area contributed by atoms with Crippen LogP contribution in [0.25, 0.3) is 0 Å². The predicted octanol–water partition coefficient (Wildman–Crippen LogP) is 3.31. The van der Waals surface area contributed by atoms with Gasteiger partial charge in [0.15, 0.2) is 0 Å². The van der Waals surface area contributed by atoms with Crippen LogP contribution in [0.5, 0.6) is 0 Å². The highest BCUT2D eigenvalue weighted by Gasteiger charge is 2.42. The minimum atomic E-state index is 0.455. The molecule has 1 aromatic carbocycles. The molecule has 0 bridgehead atoms. The van der Waals surface area contributed by atoms with E-state index in [2.05, 4.69) is 23.1 Å². The molecule has 0 radical (unpaired) electrons. The van der Waals surface area contributed by atoms with Crippen LogP contribution in [-0.2, 0) is 12.0 Å². The largest absolute Gasteiger partial charge is 0.399 e. The summed E-state index contributed by atoms with van der Waals surface area (Å²) in [6.07, 6.45) is 8.47. The number of rotatable bonds is 2. The van der Waals surface area contributed by atoms with Crippen molar-refractivity contribution in [2.24, 2.45) is 5.92 Å². The maximum absolute atomic E-state index is 6.01. The molecule has 2 N–H and O–H groups in total. The summed E-state index contributed by atoms with van der Waals surface area (Å²) < 4.78 is 0. The molecule has 0 aromatic heterocycles. The molecular formula is C17H24N2. The number of nitrogens with zero attached hydrogens (tertiary/aromatic N) is 1. The number of anilines is 1. The Morgan fingerprint density at radius 3 is 2.74 bits per heavy atom. The predicted molar refractivity (Wildman–Crippen MR) is 79.0 cm³/mol. The third-order valence-corrected chi connectivity index (χ3v) is 5.39. The van der Waals surface area contributed by atoms with Crippen molar-refractivity contribution in [2.45, 2.75) is 50.5 Å². The first-order valence-corrected chi connectivity index (χ1v) is 7.86. The van der Waals surface area contributed by atoms with Gasteiger partial charge in [-0.1, -0.05) is 18.9 Å². The average molecular weight is 256 g/mol. The van der Waals surface area contributed by atoms with Gasteiger partial charge in [-0.25, -0.2) is 0 Å². The van der Waals surface area contributed by atoms with Crippen LogP contribution in [-0.4, -0.2) is 18.0 Å². The van der Waals surface area contributed by atoms with E-state index in [9.17, 15) is 0 Å². The van der Waals surface area contributed by atoms with E-state index in [1.165, 1.54) is 57.2 Å². The summed E-state index contributed by atoms with van der Waals surface area (Å²) in [5.41, 5.74) is 10.5. The van der Waals surface area contributed by atoms with E-state index in [0.29, 0.717) is 5.41 Å². The van der Waals surface area contributed by atoms with Crippen molar-refractivity contribution in [1.29, 1.82) is 0 Å². The Labute approximate surface area is 116 Å². The second kappa shape index (κ2) is 4.24. The van der Waals surface area contributed by atoms with Crippen molar-refractivity contribution >= 4 is 5.69 Å². The molecule has 1 spiro atoms. The molecule has 0 unspecified atom stereocenters. The van der Waals surface area contributed by atoms with Gasteiger partial charge in [0, 0.05) is 30.7 Å². The molecule has 0 amide bonds. The monoisotopic (exact) mass is 256 g/mol. The minimum absolute atomic E-state index is 0.455. The Morgan fingerprint density at radius 1 is 1.21 bits per heavy atom. The number of nitrogen functional groups attached to an aromatic ring is 1. The highest BCUT2D eigenvalue weighted by molar-refractivity contribution is 5.49. The van der Waals surface area contributed by atoms with E-state index >= 15 is 0 Å². The van der Waals surface area contributed by atoms with Gasteiger partial charge in [-0.3, -0.25) is 4.90 Å². The van der Waals surface area contributed by atoms with Crippen LogP contribution in [0.15, 0.2) is 18.2 Å². The average Bonchev–Trinajstić information content (AvgIpc) is 3.07. The molecule has 19 heavy (non-hydrogen) atoms. The molecule has 0 saturated heterocycles. The quantitative estimate of drug-likeness (QED) is 0.823. The van der Waals surface area contributed by atoms with E-state index in [0.717, 1.165) is 18.2 Å². The third-order valence-electron chi connectivity index (χ3n) is 5.39. The van der Waals surface area contributed by atoms with E-state index in [1.807, 2.05) is 0 Å². The first kappa shape index (κ1) is 11.8. The van der Waals surface area contributed by atoms with Crippen LogP contribution < -0.4 is 5.73 Å². The van der Waals surface area contributed by atoms with Crippen LogP contribution in [0.3, 0.4) is 0 Å². The van der Waals surface area contributed by atoms with Crippen molar-refractivity contribution in [3.05, 3.63) is 29.3 Å². The number of hydrogen-bond acceptors (Lipinski definition) is 2. The number of hydrogen-bond donors (Lipinski definition) is 1.